The second-order valence-corrected chi connectivity index (χ2v) is 5.44. The summed E-state index contributed by atoms with van der Waals surface area (Å²) in [6.45, 7) is 4.66. The molecule has 19 heavy (non-hydrogen) atoms. The maximum atomic E-state index is 11.6. The van der Waals surface area contributed by atoms with Crippen LogP contribution >= 0.6 is 0 Å². The van der Waals surface area contributed by atoms with Gasteiger partial charge in [0.1, 0.15) is 5.75 Å². The molecule has 0 bridgehead atoms. The van der Waals surface area contributed by atoms with Crippen LogP contribution in [-0.4, -0.2) is 36.8 Å². The molecule has 1 aliphatic rings. The highest BCUT2D eigenvalue weighted by molar-refractivity contribution is 5.97. The van der Waals surface area contributed by atoms with Crippen molar-refractivity contribution in [3.05, 3.63) is 23.8 Å². The fourth-order valence-electron chi connectivity index (χ4n) is 1.82. The number of anilines is 1. The van der Waals surface area contributed by atoms with Crippen LogP contribution < -0.4 is 15.0 Å². The van der Waals surface area contributed by atoms with Gasteiger partial charge in [0.15, 0.2) is 6.61 Å². The third-order valence-electron chi connectivity index (χ3n) is 3.28. The van der Waals surface area contributed by atoms with E-state index in [1.807, 2.05) is 32.0 Å². The summed E-state index contributed by atoms with van der Waals surface area (Å²) in [6, 6.07) is 5.77. The Kier molecular flexibility index (Phi) is 3.78. The molecule has 0 spiro atoms. The van der Waals surface area contributed by atoms with Crippen molar-refractivity contribution < 1.29 is 14.6 Å². The first kappa shape index (κ1) is 13.8. The number of carbonyl (C=O) groups excluding carboxylic acids is 1. The van der Waals surface area contributed by atoms with Crippen molar-refractivity contribution in [1.29, 1.82) is 0 Å². The molecule has 0 radical (unpaired) electrons. The average Bonchev–Trinajstić information content (AvgIpc) is 2.41. The number of nitrogens with one attached hydrogen (secondary N) is 1. The van der Waals surface area contributed by atoms with E-state index in [4.69, 9.17) is 4.74 Å². The van der Waals surface area contributed by atoms with E-state index in [1.165, 1.54) is 0 Å². The zero-order valence-electron chi connectivity index (χ0n) is 11.6. The van der Waals surface area contributed by atoms with E-state index in [1.54, 1.807) is 11.9 Å². The lowest BCUT2D eigenvalue weighted by atomic mass is 10.1. The van der Waals surface area contributed by atoms with Crippen molar-refractivity contribution >= 4 is 11.6 Å². The predicted octanol–water partition coefficient (Wildman–Crippen LogP) is 0.902. The van der Waals surface area contributed by atoms with Crippen molar-refractivity contribution in [2.45, 2.75) is 25.9 Å². The molecule has 5 nitrogen and oxygen atoms in total. The summed E-state index contributed by atoms with van der Waals surface area (Å²) in [5, 5.41) is 12.5. The van der Waals surface area contributed by atoms with E-state index in [2.05, 4.69) is 5.32 Å². The normalized spacial score (nSPS) is 15.2. The van der Waals surface area contributed by atoms with Crippen LogP contribution in [0.3, 0.4) is 0 Å². The van der Waals surface area contributed by atoms with E-state index in [0.29, 0.717) is 6.54 Å². The number of benzene rings is 1. The van der Waals surface area contributed by atoms with Crippen LogP contribution in [0.1, 0.15) is 19.4 Å². The Morgan fingerprint density at radius 3 is 2.89 bits per heavy atom. The van der Waals surface area contributed by atoms with Crippen LogP contribution in [0.5, 0.6) is 5.75 Å². The molecule has 1 amide bonds. The molecule has 104 valence electrons. The van der Waals surface area contributed by atoms with Gasteiger partial charge in [-0.1, -0.05) is 6.07 Å². The smallest absolute Gasteiger partial charge is 0.264 e. The predicted molar refractivity (Wildman–Crippen MR) is 73.4 cm³/mol. The Labute approximate surface area is 113 Å². The lowest BCUT2D eigenvalue weighted by molar-refractivity contribution is -0.120. The van der Waals surface area contributed by atoms with Crippen LogP contribution in [0.15, 0.2) is 18.2 Å². The molecule has 2 N–H and O–H groups in total. The van der Waals surface area contributed by atoms with Crippen molar-refractivity contribution in [1.82, 2.24) is 5.32 Å². The number of hydrogen-bond donors (Lipinski definition) is 2. The summed E-state index contributed by atoms with van der Waals surface area (Å²) in [5.41, 5.74) is 1.51. The first-order valence-corrected chi connectivity index (χ1v) is 6.31. The minimum absolute atomic E-state index is 0.0479. The molecule has 1 aromatic carbocycles. The molecular formula is C14H20N2O3. The molecule has 1 aliphatic heterocycles. The number of fused-ring (bicyclic) bond motifs is 1. The molecule has 0 unspecified atom stereocenters. The van der Waals surface area contributed by atoms with Gasteiger partial charge in [-0.25, -0.2) is 0 Å². The summed E-state index contributed by atoms with van der Waals surface area (Å²) >= 11 is 0. The highest BCUT2D eigenvalue weighted by Gasteiger charge is 2.22. The maximum absolute atomic E-state index is 11.6. The molecule has 0 saturated carbocycles. The van der Waals surface area contributed by atoms with Gasteiger partial charge >= 0.3 is 0 Å². The minimum atomic E-state index is -0.325. The van der Waals surface area contributed by atoms with Crippen molar-refractivity contribution in [3.63, 3.8) is 0 Å². The molecule has 0 atom stereocenters. The van der Waals surface area contributed by atoms with Crippen molar-refractivity contribution in [2.24, 2.45) is 0 Å². The van der Waals surface area contributed by atoms with Gasteiger partial charge in [0.05, 0.1) is 12.3 Å². The SMILES string of the molecule is CN1C(=O)COc2ccc(CNC(C)(C)CO)cc21. The van der Waals surface area contributed by atoms with Crippen LogP contribution in [0.25, 0.3) is 0 Å². The fourth-order valence-corrected chi connectivity index (χ4v) is 1.82. The van der Waals surface area contributed by atoms with E-state index in [9.17, 15) is 9.90 Å². The van der Waals surface area contributed by atoms with Crippen molar-refractivity contribution in [3.8, 4) is 5.75 Å². The van der Waals surface area contributed by atoms with Gasteiger partial charge in [0.25, 0.3) is 5.91 Å². The Morgan fingerprint density at radius 2 is 2.21 bits per heavy atom. The Bertz CT molecular complexity index is 486. The maximum Gasteiger partial charge on any atom is 0.264 e. The Morgan fingerprint density at radius 1 is 1.47 bits per heavy atom. The van der Waals surface area contributed by atoms with Gasteiger partial charge in [-0.2, -0.15) is 0 Å². The highest BCUT2D eigenvalue weighted by Crippen LogP contribution is 2.31. The molecule has 0 saturated heterocycles. The van der Waals surface area contributed by atoms with Crippen LogP contribution in [0.2, 0.25) is 0 Å². The average molecular weight is 264 g/mol. The second kappa shape index (κ2) is 5.19. The number of ether oxygens (including phenoxy) is 1. The molecular weight excluding hydrogens is 244 g/mol. The first-order chi connectivity index (χ1) is 8.93. The summed E-state index contributed by atoms with van der Waals surface area (Å²) in [5.74, 6) is 0.681. The van der Waals surface area contributed by atoms with Crippen molar-refractivity contribution in [2.75, 3.05) is 25.2 Å². The molecule has 1 heterocycles. The number of likely N-dealkylation sites (N-methyl/N-ethyl adjacent to an activating group) is 1. The fraction of sp³-hybridized carbons (Fsp3) is 0.500. The quantitative estimate of drug-likeness (QED) is 0.848. The highest BCUT2D eigenvalue weighted by atomic mass is 16.5. The topological polar surface area (TPSA) is 61.8 Å². The number of rotatable bonds is 4. The zero-order chi connectivity index (χ0) is 14.0. The number of aliphatic hydroxyl groups excluding tert-OH is 1. The molecule has 0 fully saturated rings. The number of hydrogen-bond acceptors (Lipinski definition) is 4. The van der Waals surface area contributed by atoms with Gasteiger partial charge in [0.2, 0.25) is 0 Å². The van der Waals surface area contributed by atoms with E-state index in [0.717, 1.165) is 17.0 Å². The third-order valence-corrected chi connectivity index (χ3v) is 3.28. The number of amides is 1. The largest absolute Gasteiger partial charge is 0.482 e. The van der Waals surface area contributed by atoms with Crippen LogP contribution in [0, 0.1) is 0 Å². The summed E-state index contributed by atoms with van der Waals surface area (Å²) in [7, 11) is 1.75. The lowest BCUT2D eigenvalue weighted by Gasteiger charge is -2.27. The molecule has 0 aromatic heterocycles. The van der Waals surface area contributed by atoms with Gasteiger partial charge in [-0.15, -0.1) is 0 Å². The molecule has 0 aliphatic carbocycles. The molecule has 2 rings (SSSR count). The number of aliphatic hydroxyl groups is 1. The van der Waals surface area contributed by atoms with E-state index in [-0.39, 0.29) is 24.7 Å². The Balaban J connectivity index is 2.14. The van der Waals surface area contributed by atoms with E-state index >= 15 is 0 Å². The molecule has 5 heteroatoms. The molecule has 1 aromatic rings. The summed E-state index contributed by atoms with van der Waals surface area (Å²) in [6.07, 6.45) is 0. The minimum Gasteiger partial charge on any atom is -0.482 e. The van der Waals surface area contributed by atoms with Gasteiger partial charge in [-0.3, -0.25) is 4.79 Å². The first-order valence-electron chi connectivity index (χ1n) is 6.31. The summed E-state index contributed by atoms with van der Waals surface area (Å²) in [4.78, 5) is 13.2. The second-order valence-electron chi connectivity index (χ2n) is 5.44. The van der Waals surface area contributed by atoms with Gasteiger partial charge < -0.3 is 20.1 Å². The van der Waals surface area contributed by atoms with Crippen LogP contribution in [-0.2, 0) is 11.3 Å². The standard InChI is InChI=1S/C14H20N2O3/c1-14(2,9-17)15-7-10-4-5-12-11(6-10)16(3)13(18)8-19-12/h4-6,15,17H,7-9H2,1-3H3. The lowest BCUT2D eigenvalue weighted by Crippen LogP contribution is -2.42. The monoisotopic (exact) mass is 264 g/mol. The Hall–Kier alpha value is -1.59. The van der Waals surface area contributed by atoms with Gasteiger partial charge in [0, 0.05) is 19.1 Å². The zero-order valence-corrected chi connectivity index (χ0v) is 11.6. The van der Waals surface area contributed by atoms with E-state index < -0.39 is 0 Å². The van der Waals surface area contributed by atoms with Crippen LogP contribution in [0.4, 0.5) is 5.69 Å². The third kappa shape index (κ3) is 3.05. The number of nitrogens with zero attached hydrogens (tertiary/aromatic N) is 1. The summed E-state index contributed by atoms with van der Waals surface area (Å²) < 4.78 is 5.38. The van der Waals surface area contributed by atoms with Gasteiger partial charge in [-0.05, 0) is 31.5 Å². The number of carbonyl (C=O) groups is 1.